The van der Waals surface area contributed by atoms with Crippen molar-refractivity contribution in [1.82, 2.24) is 14.8 Å². The molecular weight excluding hydrogens is 361 g/mol. The van der Waals surface area contributed by atoms with Crippen LogP contribution in [0.3, 0.4) is 0 Å². The molecule has 3 rings (SSSR count). The van der Waals surface area contributed by atoms with Gasteiger partial charge in [0, 0.05) is 49.0 Å². The summed E-state index contributed by atoms with van der Waals surface area (Å²) in [4.78, 5) is 20.8. The first-order valence-corrected chi connectivity index (χ1v) is 8.29. The second-order valence-corrected chi connectivity index (χ2v) is 6.46. The van der Waals surface area contributed by atoms with Crippen molar-refractivity contribution in [2.75, 3.05) is 26.2 Å². The highest BCUT2D eigenvalue weighted by molar-refractivity contribution is 9.10. The summed E-state index contributed by atoms with van der Waals surface area (Å²) in [5.74, 6) is -0.485. The lowest BCUT2D eigenvalue weighted by Gasteiger charge is -2.34. The lowest BCUT2D eigenvalue weighted by molar-refractivity contribution is 0.0626. The van der Waals surface area contributed by atoms with Crippen molar-refractivity contribution >= 4 is 21.8 Å². The Labute approximate surface area is 143 Å². The van der Waals surface area contributed by atoms with E-state index in [4.69, 9.17) is 0 Å². The Balaban J connectivity index is 1.55. The van der Waals surface area contributed by atoms with Gasteiger partial charge in [0.1, 0.15) is 5.82 Å². The summed E-state index contributed by atoms with van der Waals surface area (Å²) >= 11 is 3.37. The first-order valence-electron chi connectivity index (χ1n) is 7.49. The number of piperazine rings is 1. The summed E-state index contributed by atoms with van der Waals surface area (Å²) in [5, 5.41) is 0. The summed E-state index contributed by atoms with van der Waals surface area (Å²) in [5.41, 5.74) is 1.42. The Morgan fingerprint density at radius 1 is 1.17 bits per heavy atom. The minimum absolute atomic E-state index is 0.106. The van der Waals surface area contributed by atoms with Crippen molar-refractivity contribution < 1.29 is 9.18 Å². The van der Waals surface area contributed by atoms with Crippen molar-refractivity contribution in [3.8, 4) is 0 Å². The van der Waals surface area contributed by atoms with Crippen molar-refractivity contribution in [3.63, 3.8) is 0 Å². The molecule has 1 amide bonds. The van der Waals surface area contributed by atoms with Crippen LogP contribution in [0.5, 0.6) is 0 Å². The second-order valence-electron chi connectivity index (χ2n) is 5.55. The fraction of sp³-hybridized carbons (Fsp3) is 0.294. The molecule has 0 atom stereocenters. The largest absolute Gasteiger partial charge is 0.336 e. The van der Waals surface area contributed by atoms with Gasteiger partial charge in [-0.1, -0.05) is 6.07 Å². The zero-order valence-electron chi connectivity index (χ0n) is 12.6. The second kappa shape index (κ2) is 7.19. The highest BCUT2D eigenvalue weighted by atomic mass is 79.9. The van der Waals surface area contributed by atoms with Crippen LogP contribution in [-0.2, 0) is 6.54 Å². The molecule has 2 aromatic rings. The summed E-state index contributed by atoms with van der Waals surface area (Å²) in [7, 11) is 0. The van der Waals surface area contributed by atoms with Gasteiger partial charge in [-0.25, -0.2) is 4.39 Å². The smallest absolute Gasteiger partial charge is 0.254 e. The monoisotopic (exact) mass is 377 g/mol. The van der Waals surface area contributed by atoms with E-state index in [9.17, 15) is 9.18 Å². The Bertz CT molecular complexity index is 684. The highest BCUT2D eigenvalue weighted by Gasteiger charge is 2.22. The van der Waals surface area contributed by atoms with Gasteiger partial charge < -0.3 is 4.90 Å². The van der Waals surface area contributed by atoms with Crippen molar-refractivity contribution in [2.45, 2.75) is 6.54 Å². The standard InChI is InChI=1S/C17H17BrFN3O/c18-14-4-5-16(20-11-14)12-21-6-8-22(9-7-21)17(23)13-2-1-3-15(19)10-13/h1-5,10-11H,6-9,12H2. The van der Waals surface area contributed by atoms with Crippen LogP contribution >= 0.6 is 15.9 Å². The fourth-order valence-electron chi connectivity index (χ4n) is 2.64. The number of rotatable bonds is 3. The van der Waals surface area contributed by atoms with E-state index < -0.39 is 0 Å². The number of halogens is 2. The molecule has 1 saturated heterocycles. The predicted octanol–water partition coefficient (Wildman–Crippen LogP) is 2.94. The molecule has 0 saturated carbocycles. The van der Waals surface area contributed by atoms with Crippen LogP contribution in [0.4, 0.5) is 4.39 Å². The zero-order chi connectivity index (χ0) is 16.2. The summed E-state index contributed by atoms with van der Waals surface area (Å²) in [6.45, 7) is 3.64. The molecule has 0 N–H and O–H groups in total. The Kier molecular flexibility index (Phi) is 5.03. The van der Waals surface area contributed by atoms with Crippen molar-refractivity contribution in [3.05, 3.63) is 64.1 Å². The summed E-state index contributed by atoms with van der Waals surface area (Å²) < 4.78 is 14.2. The topological polar surface area (TPSA) is 36.4 Å². The van der Waals surface area contributed by atoms with E-state index in [-0.39, 0.29) is 11.7 Å². The first kappa shape index (κ1) is 16.1. The van der Waals surface area contributed by atoms with Crippen molar-refractivity contribution in [2.24, 2.45) is 0 Å². The molecule has 1 aliphatic rings. The molecule has 4 nitrogen and oxygen atoms in total. The van der Waals surface area contributed by atoms with Gasteiger partial charge in [0.2, 0.25) is 0 Å². The van der Waals surface area contributed by atoms with Gasteiger partial charge in [0.25, 0.3) is 5.91 Å². The van der Waals surface area contributed by atoms with Gasteiger partial charge in [-0.15, -0.1) is 0 Å². The van der Waals surface area contributed by atoms with E-state index >= 15 is 0 Å². The third kappa shape index (κ3) is 4.14. The van der Waals surface area contributed by atoms with Crippen LogP contribution < -0.4 is 0 Å². The lowest BCUT2D eigenvalue weighted by atomic mass is 10.1. The number of amides is 1. The maximum atomic E-state index is 13.2. The van der Waals surface area contributed by atoms with Crippen LogP contribution in [0.25, 0.3) is 0 Å². The van der Waals surface area contributed by atoms with Gasteiger partial charge in [0.15, 0.2) is 0 Å². The van der Waals surface area contributed by atoms with Crippen LogP contribution in [-0.4, -0.2) is 46.9 Å². The number of carbonyl (C=O) groups is 1. The normalized spacial score (nSPS) is 15.7. The van der Waals surface area contributed by atoms with E-state index in [2.05, 4.69) is 25.8 Å². The van der Waals surface area contributed by atoms with Crippen LogP contribution in [0.1, 0.15) is 16.1 Å². The SMILES string of the molecule is O=C(c1cccc(F)c1)N1CCN(Cc2ccc(Br)cn2)CC1. The third-order valence-corrected chi connectivity index (χ3v) is 4.37. The Hall–Kier alpha value is -1.79. The predicted molar refractivity (Wildman–Crippen MR) is 89.5 cm³/mol. The molecule has 0 spiro atoms. The number of hydrogen-bond donors (Lipinski definition) is 0. The molecule has 1 aromatic carbocycles. The lowest BCUT2D eigenvalue weighted by Crippen LogP contribution is -2.48. The quantitative estimate of drug-likeness (QED) is 0.824. The molecule has 1 aromatic heterocycles. The summed E-state index contributed by atoms with van der Waals surface area (Å²) in [6.07, 6.45) is 1.79. The summed E-state index contributed by atoms with van der Waals surface area (Å²) in [6, 6.07) is 9.84. The molecule has 2 heterocycles. The maximum Gasteiger partial charge on any atom is 0.254 e. The molecule has 23 heavy (non-hydrogen) atoms. The molecule has 1 fully saturated rings. The Morgan fingerprint density at radius 2 is 1.96 bits per heavy atom. The minimum Gasteiger partial charge on any atom is -0.336 e. The van der Waals surface area contributed by atoms with Crippen LogP contribution in [0.15, 0.2) is 47.1 Å². The molecule has 120 valence electrons. The van der Waals surface area contributed by atoms with Gasteiger partial charge in [0.05, 0.1) is 5.69 Å². The number of nitrogens with zero attached hydrogens (tertiary/aromatic N) is 3. The van der Waals surface area contributed by atoms with Gasteiger partial charge >= 0.3 is 0 Å². The molecule has 0 radical (unpaired) electrons. The average molecular weight is 378 g/mol. The number of pyridine rings is 1. The van der Waals surface area contributed by atoms with Gasteiger partial charge in [-0.05, 0) is 46.3 Å². The molecule has 6 heteroatoms. The van der Waals surface area contributed by atoms with Gasteiger partial charge in [-0.2, -0.15) is 0 Å². The van der Waals surface area contributed by atoms with E-state index in [0.717, 1.165) is 29.8 Å². The third-order valence-electron chi connectivity index (χ3n) is 3.91. The van der Waals surface area contributed by atoms with Crippen LogP contribution in [0.2, 0.25) is 0 Å². The van der Waals surface area contributed by atoms with E-state index in [1.54, 1.807) is 23.2 Å². The Morgan fingerprint density at radius 3 is 2.61 bits per heavy atom. The molecule has 0 unspecified atom stereocenters. The molecular formula is C17H17BrFN3O. The molecule has 1 aliphatic heterocycles. The number of aromatic nitrogens is 1. The molecule has 0 bridgehead atoms. The maximum absolute atomic E-state index is 13.2. The molecule has 0 aliphatic carbocycles. The average Bonchev–Trinajstić information content (AvgIpc) is 2.57. The van der Waals surface area contributed by atoms with E-state index in [1.807, 2.05) is 12.1 Å². The number of benzene rings is 1. The van der Waals surface area contributed by atoms with E-state index in [0.29, 0.717) is 18.7 Å². The van der Waals surface area contributed by atoms with Crippen molar-refractivity contribution in [1.29, 1.82) is 0 Å². The minimum atomic E-state index is -0.379. The first-order chi connectivity index (χ1) is 11.1. The number of hydrogen-bond acceptors (Lipinski definition) is 3. The zero-order valence-corrected chi connectivity index (χ0v) is 14.2. The van der Waals surface area contributed by atoms with Crippen LogP contribution in [0, 0.1) is 5.82 Å². The highest BCUT2D eigenvalue weighted by Crippen LogP contribution is 2.13. The fourth-order valence-corrected chi connectivity index (χ4v) is 2.88. The van der Waals surface area contributed by atoms with Gasteiger partial charge in [-0.3, -0.25) is 14.7 Å². The number of carbonyl (C=O) groups excluding carboxylic acids is 1. The van der Waals surface area contributed by atoms with E-state index in [1.165, 1.54) is 12.1 Å².